The highest BCUT2D eigenvalue weighted by Gasteiger charge is 2.21. The van der Waals surface area contributed by atoms with Gasteiger partial charge in [-0.3, -0.25) is 9.69 Å². The molecule has 1 unspecified atom stereocenters. The second-order valence-corrected chi connectivity index (χ2v) is 3.79. The van der Waals surface area contributed by atoms with Gasteiger partial charge in [-0.15, -0.1) is 0 Å². The SMILES string of the molecule is CCN1CCOC(CN(C)C(C)=O)C1. The molecule has 0 radical (unpaired) electrons. The van der Waals surface area contributed by atoms with Crippen LogP contribution < -0.4 is 0 Å². The van der Waals surface area contributed by atoms with E-state index in [9.17, 15) is 4.79 Å². The van der Waals surface area contributed by atoms with Gasteiger partial charge in [0.1, 0.15) is 0 Å². The zero-order valence-corrected chi connectivity index (χ0v) is 9.32. The molecule has 14 heavy (non-hydrogen) atoms. The Labute approximate surface area is 85.8 Å². The lowest BCUT2D eigenvalue weighted by atomic mass is 10.2. The van der Waals surface area contributed by atoms with E-state index >= 15 is 0 Å². The maximum Gasteiger partial charge on any atom is 0.219 e. The van der Waals surface area contributed by atoms with E-state index in [0.717, 1.165) is 26.2 Å². The molecule has 1 aliphatic heterocycles. The van der Waals surface area contributed by atoms with Crippen LogP contribution in [0, 0.1) is 0 Å². The van der Waals surface area contributed by atoms with Crippen LogP contribution in [0.2, 0.25) is 0 Å². The standard InChI is InChI=1S/C10H20N2O2/c1-4-12-5-6-14-10(8-12)7-11(3)9(2)13/h10H,4-8H2,1-3H3. The molecule has 1 rings (SSSR count). The smallest absolute Gasteiger partial charge is 0.219 e. The van der Waals surface area contributed by atoms with Crippen molar-refractivity contribution >= 4 is 5.91 Å². The Bertz CT molecular complexity index is 197. The van der Waals surface area contributed by atoms with Crippen LogP contribution in [0.5, 0.6) is 0 Å². The first-order valence-electron chi connectivity index (χ1n) is 5.19. The predicted molar refractivity (Wildman–Crippen MR) is 55.2 cm³/mol. The average Bonchev–Trinajstić information content (AvgIpc) is 2.18. The molecule has 0 aromatic carbocycles. The van der Waals surface area contributed by atoms with E-state index in [2.05, 4.69) is 11.8 Å². The Morgan fingerprint density at radius 1 is 1.64 bits per heavy atom. The third-order valence-corrected chi connectivity index (χ3v) is 2.69. The van der Waals surface area contributed by atoms with E-state index in [4.69, 9.17) is 4.74 Å². The fraction of sp³-hybridized carbons (Fsp3) is 0.900. The van der Waals surface area contributed by atoms with Crippen molar-refractivity contribution in [3.63, 3.8) is 0 Å². The van der Waals surface area contributed by atoms with Gasteiger partial charge in [-0.05, 0) is 6.54 Å². The Hall–Kier alpha value is -0.610. The van der Waals surface area contributed by atoms with Crippen molar-refractivity contribution in [2.24, 2.45) is 0 Å². The quantitative estimate of drug-likeness (QED) is 0.652. The van der Waals surface area contributed by atoms with Gasteiger partial charge in [0.05, 0.1) is 12.7 Å². The summed E-state index contributed by atoms with van der Waals surface area (Å²) in [5, 5.41) is 0. The second kappa shape index (κ2) is 5.32. The van der Waals surface area contributed by atoms with Gasteiger partial charge in [0, 0.05) is 33.6 Å². The Balaban J connectivity index is 2.33. The molecule has 1 amide bonds. The summed E-state index contributed by atoms with van der Waals surface area (Å²) in [6.07, 6.45) is 0.178. The Morgan fingerprint density at radius 3 is 2.93 bits per heavy atom. The van der Waals surface area contributed by atoms with Crippen molar-refractivity contribution in [1.29, 1.82) is 0 Å². The molecule has 4 heteroatoms. The summed E-state index contributed by atoms with van der Waals surface area (Å²) < 4.78 is 5.60. The summed E-state index contributed by atoms with van der Waals surface area (Å²) in [7, 11) is 1.82. The van der Waals surface area contributed by atoms with Gasteiger partial charge in [0.15, 0.2) is 0 Å². The van der Waals surface area contributed by atoms with Crippen LogP contribution in [0.3, 0.4) is 0 Å². The van der Waals surface area contributed by atoms with E-state index < -0.39 is 0 Å². The largest absolute Gasteiger partial charge is 0.374 e. The predicted octanol–water partition coefficient (Wildman–Crippen LogP) is 0.185. The second-order valence-electron chi connectivity index (χ2n) is 3.79. The highest BCUT2D eigenvalue weighted by molar-refractivity contribution is 5.72. The molecular formula is C10H20N2O2. The minimum Gasteiger partial charge on any atom is -0.374 e. The Morgan fingerprint density at radius 2 is 2.36 bits per heavy atom. The summed E-state index contributed by atoms with van der Waals surface area (Å²) in [5.41, 5.74) is 0. The third-order valence-electron chi connectivity index (χ3n) is 2.69. The minimum absolute atomic E-state index is 0.0993. The molecule has 1 aliphatic rings. The third kappa shape index (κ3) is 3.27. The summed E-state index contributed by atoms with van der Waals surface area (Å²) in [5.74, 6) is 0.0993. The number of likely N-dealkylation sites (N-methyl/N-ethyl adjacent to an activating group) is 2. The van der Waals surface area contributed by atoms with Crippen LogP contribution in [0.15, 0.2) is 0 Å². The van der Waals surface area contributed by atoms with Crippen LogP contribution >= 0.6 is 0 Å². The normalized spacial score (nSPS) is 23.5. The van der Waals surface area contributed by atoms with E-state index in [0.29, 0.717) is 6.54 Å². The summed E-state index contributed by atoms with van der Waals surface area (Å²) in [6, 6.07) is 0. The molecule has 1 fully saturated rings. The maximum absolute atomic E-state index is 11.0. The average molecular weight is 200 g/mol. The van der Waals surface area contributed by atoms with Gasteiger partial charge in [-0.1, -0.05) is 6.92 Å². The van der Waals surface area contributed by atoms with E-state index in [1.165, 1.54) is 0 Å². The van der Waals surface area contributed by atoms with Crippen molar-refractivity contribution in [3.05, 3.63) is 0 Å². The number of ether oxygens (including phenoxy) is 1. The number of nitrogens with zero attached hydrogens (tertiary/aromatic N) is 2. The molecule has 0 N–H and O–H groups in total. The molecule has 0 aliphatic carbocycles. The first kappa shape index (κ1) is 11.5. The van der Waals surface area contributed by atoms with Crippen LogP contribution in [-0.4, -0.2) is 61.6 Å². The molecular weight excluding hydrogens is 180 g/mol. The van der Waals surface area contributed by atoms with Crippen molar-refractivity contribution in [3.8, 4) is 0 Å². The zero-order valence-electron chi connectivity index (χ0n) is 9.32. The topological polar surface area (TPSA) is 32.8 Å². The molecule has 1 heterocycles. The highest BCUT2D eigenvalue weighted by Crippen LogP contribution is 2.05. The summed E-state index contributed by atoms with van der Waals surface area (Å²) >= 11 is 0. The van der Waals surface area contributed by atoms with Gasteiger partial charge in [0.2, 0.25) is 5.91 Å². The number of carbonyl (C=O) groups excluding carboxylic acids is 1. The van der Waals surface area contributed by atoms with Crippen molar-refractivity contribution in [1.82, 2.24) is 9.80 Å². The molecule has 0 spiro atoms. The number of amides is 1. The van der Waals surface area contributed by atoms with Crippen LogP contribution in [-0.2, 0) is 9.53 Å². The Kier molecular flexibility index (Phi) is 4.35. The number of rotatable bonds is 3. The summed E-state index contributed by atoms with van der Waals surface area (Å²) in [4.78, 5) is 15.1. The van der Waals surface area contributed by atoms with Crippen molar-refractivity contribution < 1.29 is 9.53 Å². The zero-order chi connectivity index (χ0) is 10.6. The molecule has 0 bridgehead atoms. The number of hydrogen-bond acceptors (Lipinski definition) is 3. The van der Waals surface area contributed by atoms with Crippen LogP contribution in [0.4, 0.5) is 0 Å². The maximum atomic E-state index is 11.0. The molecule has 1 saturated heterocycles. The number of morpholine rings is 1. The van der Waals surface area contributed by atoms with Crippen molar-refractivity contribution in [2.45, 2.75) is 20.0 Å². The van der Waals surface area contributed by atoms with Gasteiger partial charge in [-0.2, -0.15) is 0 Å². The van der Waals surface area contributed by atoms with Crippen molar-refractivity contribution in [2.75, 3.05) is 39.8 Å². The van der Waals surface area contributed by atoms with Crippen LogP contribution in [0.25, 0.3) is 0 Å². The fourth-order valence-corrected chi connectivity index (χ4v) is 1.61. The monoisotopic (exact) mass is 200 g/mol. The first-order valence-corrected chi connectivity index (χ1v) is 5.19. The van der Waals surface area contributed by atoms with Gasteiger partial charge in [-0.25, -0.2) is 0 Å². The molecule has 0 saturated carbocycles. The molecule has 82 valence electrons. The molecule has 0 aromatic heterocycles. The van der Waals surface area contributed by atoms with E-state index in [-0.39, 0.29) is 12.0 Å². The highest BCUT2D eigenvalue weighted by atomic mass is 16.5. The number of hydrogen-bond donors (Lipinski definition) is 0. The first-order chi connectivity index (χ1) is 6.63. The van der Waals surface area contributed by atoms with Crippen LogP contribution in [0.1, 0.15) is 13.8 Å². The minimum atomic E-state index is 0.0993. The lowest BCUT2D eigenvalue weighted by molar-refractivity contribution is -0.130. The van der Waals surface area contributed by atoms with E-state index in [1.807, 2.05) is 7.05 Å². The molecule has 4 nitrogen and oxygen atoms in total. The van der Waals surface area contributed by atoms with Gasteiger partial charge >= 0.3 is 0 Å². The van der Waals surface area contributed by atoms with E-state index in [1.54, 1.807) is 11.8 Å². The molecule has 1 atom stereocenters. The van der Waals surface area contributed by atoms with Gasteiger partial charge < -0.3 is 9.64 Å². The lowest BCUT2D eigenvalue weighted by Gasteiger charge is -2.33. The molecule has 0 aromatic rings. The summed E-state index contributed by atoms with van der Waals surface area (Å²) in [6.45, 7) is 8.22. The van der Waals surface area contributed by atoms with Gasteiger partial charge in [0.25, 0.3) is 0 Å². The number of carbonyl (C=O) groups is 1. The fourth-order valence-electron chi connectivity index (χ4n) is 1.61. The lowest BCUT2D eigenvalue weighted by Crippen LogP contribution is -2.47.